The van der Waals surface area contributed by atoms with Crippen molar-refractivity contribution in [1.82, 2.24) is 0 Å². The number of nitro benzene ring substituents is 1. The van der Waals surface area contributed by atoms with Crippen LogP contribution in [0.2, 0.25) is 0 Å². The van der Waals surface area contributed by atoms with Gasteiger partial charge in [0, 0.05) is 42.4 Å². The highest BCUT2D eigenvalue weighted by Gasteiger charge is 2.29. The molecule has 3 N–H and O–H groups in total. The van der Waals surface area contributed by atoms with Crippen molar-refractivity contribution < 1.29 is 24.0 Å². The SMILES string of the molecule is NC(=O)c1ccc(N2CCC(C(=O)Nc3ccc4c(c3)OCO4)CC2)c([N+](=O)[O-])c1. The summed E-state index contributed by atoms with van der Waals surface area (Å²) in [5, 5.41) is 14.3. The van der Waals surface area contributed by atoms with Gasteiger partial charge in [0.05, 0.1) is 4.92 Å². The van der Waals surface area contributed by atoms with Crippen molar-refractivity contribution in [3.63, 3.8) is 0 Å². The zero-order chi connectivity index (χ0) is 21.3. The molecule has 2 aliphatic rings. The fraction of sp³-hybridized carbons (Fsp3) is 0.300. The number of nitrogens with zero attached hydrogens (tertiary/aromatic N) is 2. The van der Waals surface area contributed by atoms with E-state index in [-0.39, 0.29) is 29.9 Å². The van der Waals surface area contributed by atoms with Crippen molar-refractivity contribution in [3.05, 3.63) is 52.1 Å². The number of fused-ring (bicyclic) bond motifs is 1. The molecule has 30 heavy (non-hydrogen) atoms. The van der Waals surface area contributed by atoms with E-state index in [1.165, 1.54) is 18.2 Å². The van der Waals surface area contributed by atoms with Crippen LogP contribution in [0.3, 0.4) is 0 Å². The third kappa shape index (κ3) is 3.84. The first kappa shape index (κ1) is 19.5. The summed E-state index contributed by atoms with van der Waals surface area (Å²) in [6.45, 7) is 1.13. The Morgan fingerprint density at radius 2 is 1.83 bits per heavy atom. The van der Waals surface area contributed by atoms with Gasteiger partial charge in [-0.05, 0) is 37.1 Å². The van der Waals surface area contributed by atoms with E-state index < -0.39 is 10.8 Å². The van der Waals surface area contributed by atoms with Gasteiger partial charge >= 0.3 is 0 Å². The number of rotatable bonds is 5. The number of primary amides is 1. The summed E-state index contributed by atoms with van der Waals surface area (Å²) in [6, 6.07) is 9.42. The van der Waals surface area contributed by atoms with Gasteiger partial charge in [-0.25, -0.2) is 0 Å². The van der Waals surface area contributed by atoms with E-state index >= 15 is 0 Å². The van der Waals surface area contributed by atoms with Gasteiger partial charge in [-0.1, -0.05) is 0 Å². The molecule has 2 aliphatic heterocycles. The molecular formula is C20H20N4O6. The van der Waals surface area contributed by atoms with Crippen LogP contribution in [0, 0.1) is 16.0 Å². The van der Waals surface area contributed by atoms with Crippen molar-refractivity contribution in [2.75, 3.05) is 30.1 Å². The highest BCUT2D eigenvalue weighted by molar-refractivity contribution is 5.95. The van der Waals surface area contributed by atoms with Gasteiger partial charge < -0.3 is 25.4 Å². The molecule has 0 unspecified atom stereocenters. The lowest BCUT2D eigenvalue weighted by molar-refractivity contribution is -0.384. The molecule has 2 aromatic rings. The molecule has 1 saturated heterocycles. The molecule has 0 atom stereocenters. The quantitative estimate of drug-likeness (QED) is 0.568. The van der Waals surface area contributed by atoms with Crippen molar-refractivity contribution in [1.29, 1.82) is 0 Å². The van der Waals surface area contributed by atoms with Crippen LogP contribution in [0.1, 0.15) is 23.2 Å². The molecule has 0 saturated carbocycles. The monoisotopic (exact) mass is 412 g/mol. The third-order valence-corrected chi connectivity index (χ3v) is 5.30. The Kier molecular flexibility index (Phi) is 5.13. The van der Waals surface area contributed by atoms with E-state index in [1.807, 2.05) is 4.90 Å². The Hall–Kier alpha value is -3.82. The third-order valence-electron chi connectivity index (χ3n) is 5.30. The topological polar surface area (TPSA) is 137 Å². The molecule has 0 spiro atoms. The van der Waals surface area contributed by atoms with Crippen molar-refractivity contribution in [2.24, 2.45) is 11.7 Å². The molecule has 0 aromatic heterocycles. The van der Waals surface area contributed by atoms with Crippen molar-refractivity contribution >= 4 is 28.9 Å². The van der Waals surface area contributed by atoms with Gasteiger partial charge in [0.2, 0.25) is 18.6 Å². The number of carbonyl (C=O) groups excluding carboxylic acids is 2. The number of carbonyl (C=O) groups is 2. The number of nitrogens with one attached hydrogen (secondary N) is 1. The Morgan fingerprint density at radius 3 is 2.53 bits per heavy atom. The largest absolute Gasteiger partial charge is 0.454 e. The Bertz CT molecular complexity index is 1020. The molecule has 4 rings (SSSR count). The van der Waals surface area contributed by atoms with Crippen LogP contribution < -0.4 is 25.4 Å². The second-order valence-corrected chi connectivity index (χ2v) is 7.14. The van der Waals surface area contributed by atoms with E-state index in [2.05, 4.69) is 5.32 Å². The molecule has 10 heteroatoms. The van der Waals surface area contributed by atoms with E-state index in [1.54, 1.807) is 18.2 Å². The predicted octanol–water partition coefficient (Wildman–Crippen LogP) is 2.28. The van der Waals surface area contributed by atoms with Crippen LogP contribution in [0.4, 0.5) is 17.1 Å². The Morgan fingerprint density at radius 1 is 1.10 bits per heavy atom. The summed E-state index contributed by atoms with van der Waals surface area (Å²) in [5.74, 6) is 0.200. The Labute approximate surface area is 171 Å². The standard InChI is InChI=1S/C20H20N4O6/c21-19(25)13-1-3-15(16(9-13)24(27)28)23-7-5-12(6-8-23)20(26)22-14-2-4-17-18(10-14)30-11-29-17/h1-4,9-10,12H,5-8,11H2,(H2,21,25)(H,22,26). The molecule has 0 bridgehead atoms. The van der Waals surface area contributed by atoms with Crippen molar-refractivity contribution in [3.8, 4) is 11.5 Å². The maximum Gasteiger partial charge on any atom is 0.293 e. The number of amides is 2. The summed E-state index contributed by atoms with van der Waals surface area (Å²) < 4.78 is 10.6. The second-order valence-electron chi connectivity index (χ2n) is 7.14. The summed E-state index contributed by atoms with van der Waals surface area (Å²) >= 11 is 0. The lowest BCUT2D eigenvalue weighted by Crippen LogP contribution is -2.38. The number of piperidine rings is 1. The molecule has 2 heterocycles. The van der Waals surface area contributed by atoms with Crippen LogP contribution in [-0.4, -0.2) is 36.6 Å². The van der Waals surface area contributed by atoms with E-state index in [0.29, 0.717) is 48.8 Å². The number of anilines is 2. The molecule has 2 amide bonds. The van der Waals surface area contributed by atoms with Gasteiger partial charge in [-0.3, -0.25) is 19.7 Å². The fourth-order valence-electron chi connectivity index (χ4n) is 3.69. The summed E-state index contributed by atoms with van der Waals surface area (Å²) in [6.07, 6.45) is 1.09. The van der Waals surface area contributed by atoms with Gasteiger partial charge in [0.25, 0.3) is 5.69 Å². The minimum atomic E-state index is -0.719. The molecule has 10 nitrogen and oxygen atoms in total. The molecule has 1 fully saturated rings. The Balaban J connectivity index is 1.41. The molecule has 0 aliphatic carbocycles. The van der Waals surface area contributed by atoms with E-state index in [9.17, 15) is 19.7 Å². The fourth-order valence-corrected chi connectivity index (χ4v) is 3.69. The highest BCUT2D eigenvalue weighted by Crippen LogP contribution is 2.35. The first-order chi connectivity index (χ1) is 14.4. The molecule has 156 valence electrons. The number of benzene rings is 2. The van der Waals surface area contributed by atoms with E-state index in [0.717, 1.165) is 0 Å². The number of nitro groups is 1. The van der Waals surface area contributed by atoms with Crippen LogP contribution in [-0.2, 0) is 4.79 Å². The smallest absolute Gasteiger partial charge is 0.293 e. The van der Waals surface area contributed by atoms with Crippen LogP contribution in [0.5, 0.6) is 11.5 Å². The maximum atomic E-state index is 12.6. The van der Waals surface area contributed by atoms with Gasteiger partial charge in [-0.2, -0.15) is 0 Å². The maximum absolute atomic E-state index is 12.6. The first-order valence-electron chi connectivity index (χ1n) is 9.46. The molecule has 0 radical (unpaired) electrons. The van der Waals surface area contributed by atoms with Crippen LogP contribution >= 0.6 is 0 Å². The zero-order valence-electron chi connectivity index (χ0n) is 16.0. The minimum absolute atomic E-state index is 0.0865. The molecule has 2 aromatic carbocycles. The highest BCUT2D eigenvalue weighted by atomic mass is 16.7. The minimum Gasteiger partial charge on any atom is -0.454 e. The summed E-state index contributed by atoms with van der Waals surface area (Å²) in [5.41, 5.74) is 6.18. The number of hydrogen-bond acceptors (Lipinski definition) is 7. The average Bonchev–Trinajstić information content (AvgIpc) is 3.21. The van der Waals surface area contributed by atoms with Crippen LogP contribution in [0.25, 0.3) is 0 Å². The average molecular weight is 412 g/mol. The van der Waals surface area contributed by atoms with E-state index in [4.69, 9.17) is 15.2 Å². The summed E-state index contributed by atoms with van der Waals surface area (Å²) in [4.78, 5) is 36.7. The number of nitrogens with two attached hydrogens (primary N) is 1. The molecular weight excluding hydrogens is 392 g/mol. The van der Waals surface area contributed by atoms with Gasteiger partial charge in [0.1, 0.15) is 5.69 Å². The summed E-state index contributed by atoms with van der Waals surface area (Å²) in [7, 11) is 0. The van der Waals surface area contributed by atoms with Gasteiger partial charge in [0.15, 0.2) is 11.5 Å². The second kappa shape index (κ2) is 7.90. The normalized spacial score (nSPS) is 15.7. The first-order valence-corrected chi connectivity index (χ1v) is 9.46. The van der Waals surface area contributed by atoms with Gasteiger partial charge in [-0.15, -0.1) is 0 Å². The zero-order valence-corrected chi connectivity index (χ0v) is 16.0. The number of ether oxygens (including phenoxy) is 2. The lowest BCUT2D eigenvalue weighted by Gasteiger charge is -2.32. The lowest BCUT2D eigenvalue weighted by atomic mass is 9.95. The van der Waals surface area contributed by atoms with Crippen molar-refractivity contribution in [2.45, 2.75) is 12.8 Å². The van der Waals surface area contributed by atoms with Crippen LogP contribution in [0.15, 0.2) is 36.4 Å². The number of hydrogen-bond donors (Lipinski definition) is 2. The predicted molar refractivity (Wildman–Crippen MR) is 108 cm³/mol.